The van der Waals surface area contributed by atoms with Gasteiger partial charge in [-0.25, -0.2) is 4.99 Å². The molecule has 0 spiro atoms. The highest BCUT2D eigenvalue weighted by Gasteiger charge is 2.04. The van der Waals surface area contributed by atoms with Crippen molar-refractivity contribution in [2.24, 2.45) is 12.0 Å². The summed E-state index contributed by atoms with van der Waals surface area (Å²) >= 11 is 0. The first-order chi connectivity index (χ1) is 10.2. The van der Waals surface area contributed by atoms with Crippen LogP contribution in [0.3, 0.4) is 0 Å². The van der Waals surface area contributed by atoms with Crippen LogP contribution >= 0.6 is 24.0 Å². The molecule has 22 heavy (non-hydrogen) atoms. The second kappa shape index (κ2) is 9.44. The molecule has 0 aliphatic heterocycles. The molecule has 0 saturated heterocycles. The van der Waals surface area contributed by atoms with E-state index in [-0.39, 0.29) is 24.0 Å². The smallest absolute Gasteiger partial charge is 0.192 e. The van der Waals surface area contributed by atoms with Gasteiger partial charge in [0.25, 0.3) is 0 Å². The lowest BCUT2D eigenvalue weighted by molar-refractivity contribution is 0.374. The molecule has 0 radical (unpaired) electrons. The largest absolute Gasteiger partial charge is 0.359 e. The molecule has 0 fully saturated rings. The van der Waals surface area contributed by atoms with E-state index in [1.165, 1.54) is 0 Å². The molecule has 0 bridgehead atoms. The van der Waals surface area contributed by atoms with Crippen LogP contribution in [0.1, 0.15) is 31.0 Å². The van der Waals surface area contributed by atoms with Crippen molar-refractivity contribution in [2.45, 2.75) is 33.4 Å². The number of nitrogens with one attached hydrogen (secondary N) is 2. The summed E-state index contributed by atoms with van der Waals surface area (Å²) < 4.78 is 7.06. The Labute approximate surface area is 147 Å². The average Bonchev–Trinajstić information content (AvgIpc) is 3.11. The van der Waals surface area contributed by atoms with E-state index in [4.69, 9.17) is 4.52 Å². The van der Waals surface area contributed by atoms with Gasteiger partial charge in [-0.05, 0) is 19.4 Å². The maximum Gasteiger partial charge on any atom is 0.192 e. The van der Waals surface area contributed by atoms with Crippen LogP contribution in [0.15, 0.2) is 27.8 Å². The molecule has 0 aromatic carbocycles. The van der Waals surface area contributed by atoms with Crippen molar-refractivity contribution >= 4 is 29.9 Å². The van der Waals surface area contributed by atoms with Crippen LogP contribution in [0.25, 0.3) is 0 Å². The number of aryl methyl sites for hydroxylation is 2. The van der Waals surface area contributed by atoms with E-state index in [1.807, 2.05) is 30.8 Å². The van der Waals surface area contributed by atoms with Gasteiger partial charge in [-0.3, -0.25) is 4.68 Å². The topological polar surface area (TPSA) is 80.3 Å². The van der Waals surface area contributed by atoms with Gasteiger partial charge < -0.3 is 15.2 Å². The van der Waals surface area contributed by atoms with Gasteiger partial charge in [-0.2, -0.15) is 5.10 Å². The van der Waals surface area contributed by atoms with Gasteiger partial charge in [0.2, 0.25) is 0 Å². The maximum absolute atomic E-state index is 5.24. The van der Waals surface area contributed by atoms with Gasteiger partial charge >= 0.3 is 0 Å². The molecule has 0 saturated carbocycles. The Morgan fingerprint density at radius 2 is 2.18 bits per heavy atom. The lowest BCUT2D eigenvalue weighted by Gasteiger charge is -2.09. The zero-order valence-electron chi connectivity index (χ0n) is 13.2. The highest BCUT2D eigenvalue weighted by molar-refractivity contribution is 14.0. The van der Waals surface area contributed by atoms with Crippen molar-refractivity contribution in [1.29, 1.82) is 0 Å². The molecule has 0 unspecified atom stereocenters. The maximum atomic E-state index is 5.24. The van der Waals surface area contributed by atoms with Gasteiger partial charge in [0, 0.05) is 25.9 Å². The molecule has 2 rings (SSSR count). The molecular weight excluding hydrogens is 395 g/mol. The van der Waals surface area contributed by atoms with Crippen molar-refractivity contribution in [3.05, 3.63) is 35.5 Å². The van der Waals surface area contributed by atoms with E-state index >= 15 is 0 Å². The molecule has 8 heteroatoms. The minimum Gasteiger partial charge on any atom is -0.359 e. The van der Waals surface area contributed by atoms with Crippen LogP contribution in [0.4, 0.5) is 0 Å². The zero-order valence-corrected chi connectivity index (χ0v) is 15.5. The standard InChI is InChI=1S/C14H22N6O.HI/c1-4-11-8-13(21-19-11)10-17-14(15-5-2)16-9-12-6-7-18-20(12)3;/h6-8H,4-5,9-10H2,1-3H3,(H2,15,16,17);1H. The molecule has 2 aromatic heterocycles. The Bertz CT molecular complexity index is 592. The first-order valence-corrected chi connectivity index (χ1v) is 7.16. The molecule has 0 aliphatic carbocycles. The van der Waals surface area contributed by atoms with Gasteiger partial charge in [0.05, 0.1) is 24.5 Å². The number of aromatic nitrogens is 3. The second-order valence-corrected chi connectivity index (χ2v) is 4.63. The fourth-order valence-electron chi connectivity index (χ4n) is 1.83. The van der Waals surface area contributed by atoms with Crippen LogP contribution in [-0.2, 0) is 26.6 Å². The van der Waals surface area contributed by atoms with Gasteiger partial charge in [-0.15, -0.1) is 24.0 Å². The minimum atomic E-state index is 0. The number of aliphatic imine (C=N–C) groups is 1. The number of rotatable bonds is 6. The summed E-state index contributed by atoms with van der Waals surface area (Å²) in [5, 5.41) is 14.5. The zero-order chi connectivity index (χ0) is 15.1. The second-order valence-electron chi connectivity index (χ2n) is 4.63. The average molecular weight is 418 g/mol. The monoisotopic (exact) mass is 418 g/mol. The van der Waals surface area contributed by atoms with E-state index in [9.17, 15) is 0 Å². The van der Waals surface area contributed by atoms with Crippen molar-refractivity contribution in [3.63, 3.8) is 0 Å². The van der Waals surface area contributed by atoms with Crippen LogP contribution in [-0.4, -0.2) is 27.4 Å². The Morgan fingerprint density at radius 1 is 1.36 bits per heavy atom. The lowest BCUT2D eigenvalue weighted by atomic mass is 10.3. The molecular formula is C14H23IN6O. The van der Waals surface area contributed by atoms with Crippen LogP contribution < -0.4 is 10.6 Å². The van der Waals surface area contributed by atoms with Crippen molar-refractivity contribution in [3.8, 4) is 0 Å². The molecule has 7 nitrogen and oxygen atoms in total. The SMILES string of the molecule is CCNC(=NCc1ccnn1C)NCc1cc(CC)no1.I. The highest BCUT2D eigenvalue weighted by Crippen LogP contribution is 2.03. The molecule has 2 aromatic rings. The third-order valence-electron chi connectivity index (χ3n) is 3.07. The Balaban J connectivity index is 0.00000242. The summed E-state index contributed by atoms with van der Waals surface area (Å²) in [7, 11) is 1.91. The number of guanidine groups is 1. The van der Waals surface area contributed by atoms with E-state index in [2.05, 4.69) is 32.8 Å². The Kier molecular flexibility index (Phi) is 7.92. The Hall–Kier alpha value is -1.58. The van der Waals surface area contributed by atoms with E-state index < -0.39 is 0 Å². The van der Waals surface area contributed by atoms with Crippen molar-refractivity contribution in [1.82, 2.24) is 25.6 Å². The summed E-state index contributed by atoms with van der Waals surface area (Å²) in [4.78, 5) is 4.53. The predicted octanol–water partition coefficient (Wildman–Crippen LogP) is 1.84. The minimum absolute atomic E-state index is 0. The molecule has 122 valence electrons. The molecule has 0 amide bonds. The van der Waals surface area contributed by atoms with Crippen molar-refractivity contribution < 1.29 is 4.52 Å². The van der Waals surface area contributed by atoms with E-state index in [0.717, 1.165) is 36.1 Å². The Morgan fingerprint density at radius 3 is 2.77 bits per heavy atom. The summed E-state index contributed by atoms with van der Waals surface area (Å²) in [5.41, 5.74) is 2.02. The summed E-state index contributed by atoms with van der Waals surface area (Å²) in [6.07, 6.45) is 2.64. The fraction of sp³-hybridized carbons (Fsp3) is 0.500. The molecule has 0 aliphatic rings. The first kappa shape index (κ1) is 18.5. The third kappa shape index (κ3) is 5.32. The van der Waals surface area contributed by atoms with Gasteiger partial charge in [-0.1, -0.05) is 12.1 Å². The lowest BCUT2D eigenvalue weighted by Crippen LogP contribution is -2.36. The summed E-state index contributed by atoms with van der Waals surface area (Å²) in [6, 6.07) is 3.91. The number of halogens is 1. The van der Waals surface area contributed by atoms with Crippen LogP contribution in [0, 0.1) is 0 Å². The molecule has 0 atom stereocenters. The molecule has 2 N–H and O–H groups in total. The van der Waals surface area contributed by atoms with E-state index in [0.29, 0.717) is 13.1 Å². The highest BCUT2D eigenvalue weighted by atomic mass is 127. The number of hydrogen-bond donors (Lipinski definition) is 2. The van der Waals surface area contributed by atoms with Crippen LogP contribution in [0.5, 0.6) is 0 Å². The third-order valence-corrected chi connectivity index (χ3v) is 3.07. The van der Waals surface area contributed by atoms with E-state index in [1.54, 1.807) is 6.20 Å². The van der Waals surface area contributed by atoms with Crippen molar-refractivity contribution in [2.75, 3.05) is 6.54 Å². The number of nitrogens with zero attached hydrogens (tertiary/aromatic N) is 4. The van der Waals surface area contributed by atoms with Gasteiger partial charge in [0.1, 0.15) is 0 Å². The number of hydrogen-bond acceptors (Lipinski definition) is 4. The quantitative estimate of drug-likeness (QED) is 0.425. The fourth-order valence-corrected chi connectivity index (χ4v) is 1.83. The van der Waals surface area contributed by atoms with Gasteiger partial charge in [0.15, 0.2) is 11.7 Å². The normalized spacial score (nSPS) is 11.1. The summed E-state index contributed by atoms with van der Waals surface area (Å²) in [6.45, 7) is 6.01. The molecule has 2 heterocycles. The van der Waals surface area contributed by atoms with Crippen LogP contribution in [0.2, 0.25) is 0 Å². The predicted molar refractivity (Wildman–Crippen MR) is 96.2 cm³/mol. The first-order valence-electron chi connectivity index (χ1n) is 7.16. The summed E-state index contributed by atoms with van der Waals surface area (Å²) in [5.74, 6) is 1.55.